The van der Waals surface area contributed by atoms with Crippen molar-refractivity contribution in [2.45, 2.75) is 26.0 Å². The first-order chi connectivity index (χ1) is 6.99. The Morgan fingerprint density at radius 3 is 2.60 bits per heavy atom. The van der Waals surface area contributed by atoms with Crippen LogP contribution in [0.2, 0.25) is 0 Å². The summed E-state index contributed by atoms with van der Waals surface area (Å²) in [6.45, 7) is 5.86. The molecule has 0 aliphatic carbocycles. The number of halogens is 1. The molecule has 1 rings (SSSR count). The standard InChI is InChI=1S/C12H15FOS/c1-8(2)15-7-12(14)10-4-9(3)5-11(13)6-10/h4-6,8H,7H2,1-3H3. The molecule has 0 aliphatic heterocycles. The van der Waals surface area contributed by atoms with Gasteiger partial charge in [-0.25, -0.2) is 4.39 Å². The molecule has 0 unspecified atom stereocenters. The molecule has 0 spiro atoms. The zero-order valence-corrected chi connectivity index (χ0v) is 10.0. The van der Waals surface area contributed by atoms with Crippen molar-refractivity contribution in [3.05, 3.63) is 35.1 Å². The first kappa shape index (κ1) is 12.2. The maximum atomic E-state index is 13.0. The number of benzene rings is 1. The zero-order valence-electron chi connectivity index (χ0n) is 9.21. The van der Waals surface area contributed by atoms with Crippen molar-refractivity contribution in [2.75, 3.05) is 5.75 Å². The van der Waals surface area contributed by atoms with Crippen LogP contribution in [0.1, 0.15) is 29.8 Å². The minimum Gasteiger partial charge on any atom is -0.293 e. The van der Waals surface area contributed by atoms with Gasteiger partial charge in [0.25, 0.3) is 0 Å². The molecule has 82 valence electrons. The maximum Gasteiger partial charge on any atom is 0.172 e. The van der Waals surface area contributed by atoms with Crippen molar-refractivity contribution in [3.8, 4) is 0 Å². The third-order valence-corrected chi connectivity index (χ3v) is 3.01. The number of hydrogen-bond acceptors (Lipinski definition) is 2. The van der Waals surface area contributed by atoms with Crippen molar-refractivity contribution in [3.63, 3.8) is 0 Å². The Hall–Kier alpha value is -0.830. The molecule has 0 aromatic heterocycles. The summed E-state index contributed by atoms with van der Waals surface area (Å²) in [6.07, 6.45) is 0. The third kappa shape index (κ3) is 4.04. The molecule has 0 saturated carbocycles. The van der Waals surface area contributed by atoms with Crippen molar-refractivity contribution in [1.82, 2.24) is 0 Å². The Morgan fingerprint density at radius 2 is 2.07 bits per heavy atom. The fourth-order valence-electron chi connectivity index (χ4n) is 1.22. The van der Waals surface area contributed by atoms with Crippen LogP contribution in [0.4, 0.5) is 4.39 Å². The van der Waals surface area contributed by atoms with Crippen LogP contribution in [0.25, 0.3) is 0 Å². The van der Waals surface area contributed by atoms with Gasteiger partial charge < -0.3 is 0 Å². The monoisotopic (exact) mass is 226 g/mol. The van der Waals surface area contributed by atoms with Gasteiger partial charge in [-0.3, -0.25) is 4.79 Å². The fraction of sp³-hybridized carbons (Fsp3) is 0.417. The summed E-state index contributed by atoms with van der Waals surface area (Å²) in [4.78, 5) is 11.7. The van der Waals surface area contributed by atoms with Gasteiger partial charge in [-0.1, -0.05) is 13.8 Å². The van der Waals surface area contributed by atoms with Gasteiger partial charge in [-0.05, 0) is 35.9 Å². The molecule has 0 saturated heterocycles. The predicted molar refractivity (Wildman–Crippen MR) is 63.1 cm³/mol. The van der Waals surface area contributed by atoms with Crippen LogP contribution in [0.15, 0.2) is 18.2 Å². The lowest BCUT2D eigenvalue weighted by Crippen LogP contribution is -2.05. The van der Waals surface area contributed by atoms with Gasteiger partial charge in [-0.2, -0.15) is 11.8 Å². The largest absolute Gasteiger partial charge is 0.293 e. The SMILES string of the molecule is Cc1cc(F)cc(C(=O)CSC(C)C)c1. The van der Waals surface area contributed by atoms with Crippen LogP contribution in [0, 0.1) is 12.7 Å². The average molecular weight is 226 g/mol. The molecule has 0 bridgehead atoms. The summed E-state index contributed by atoms with van der Waals surface area (Å²) in [5.41, 5.74) is 1.26. The molecule has 15 heavy (non-hydrogen) atoms. The fourth-order valence-corrected chi connectivity index (χ4v) is 1.87. The maximum absolute atomic E-state index is 13.0. The number of ketones is 1. The van der Waals surface area contributed by atoms with Crippen LogP contribution in [-0.2, 0) is 0 Å². The van der Waals surface area contributed by atoms with Crippen LogP contribution in [-0.4, -0.2) is 16.8 Å². The average Bonchev–Trinajstić information content (AvgIpc) is 2.12. The third-order valence-electron chi connectivity index (χ3n) is 1.91. The summed E-state index contributed by atoms with van der Waals surface area (Å²) < 4.78 is 13.0. The Bertz CT molecular complexity index is 340. The number of hydrogen-bond donors (Lipinski definition) is 0. The lowest BCUT2D eigenvalue weighted by molar-refractivity contribution is 0.102. The lowest BCUT2D eigenvalue weighted by atomic mass is 10.1. The van der Waals surface area contributed by atoms with Crippen molar-refractivity contribution in [2.24, 2.45) is 0 Å². The van der Waals surface area contributed by atoms with E-state index in [1.807, 2.05) is 13.8 Å². The molecule has 1 nitrogen and oxygen atoms in total. The van der Waals surface area contributed by atoms with Crippen molar-refractivity contribution in [1.29, 1.82) is 0 Å². The number of Topliss-reactive ketones (excluding diaryl/α,β-unsaturated/α-hetero) is 1. The summed E-state index contributed by atoms with van der Waals surface area (Å²) in [5, 5.41) is 0.420. The van der Waals surface area contributed by atoms with Crippen LogP contribution in [0.5, 0.6) is 0 Å². The molecule has 3 heteroatoms. The topological polar surface area (TPSA) is 17.1 Å². The Labute approximate surface area is 94.1 Å². The molecule has 0 heterocycles. The van der Waals surface area contributed by atoms with Gasteiger partial charge in [0, 0.05) is 5.56 Å². The quantitative estimate of drug-likeness (QED) is 0.731. The van der Waals surface area contributed by atoms with Gasteiger partial charge in [0.1, 0.15) is 5.82 Å². The van der Waals surface area contributed by atoms with E-state index in [2.05, 4.69) is 0 Å². The van der Waals surface area contributed by atoms with E-state index in [9.17, 15) is 9.18 Å². The van der Waals surface area contributed by atoms with Gasteiger partial charge in [-0.15, -0.1) is 0 Å². The molecule has 0 amide bonds. The van der Waals surface area contributed by atoms with Gasteiger partial charge >= 0.3 is 0 Å². The van der Waals surface area contributed by atoms with Crippen LogP contribution < -0.4 is 0 Å². The Kier molecular flexibility index (Phi) is 4.33. The minimum absolute atomic E-state index is 0.00343. The molecule has 0 aliphatic rings. The van der Waals surface area contributed by atoms with Crippen molar-refractivity contribution < 1.29 is 9.18 Å². The Balaban J connectivity index is 2.73. The summed E-state index contributed by atoms with van der Waals surface area (Å²) in [7, 11) is 0. The summed E-state index contributed by atoms with van der Waals surface area (Å²) >= 11 is 1.57. The second-order valence-electron chi connectivity index (χ2n) is 3.80. The van der Waals surface area contributed by atoms with Gasteiger partial charge in [0.15, 0.2) is 5.78 Å². The number of carbonyl (C=O) groups is 1. The molecule has 1 aromatic carbocycles. The van der Waals surface area contributed by atoms with Crippen LogP contribution >= 0.6 is 11.8 Å². The number of thioether (sulfide) groups is 1. The molecule has 0 radical (unpaired) electrons. The lowest BCUT2D eigenvalue weighted by Gasteiger charge is -2.05. The van der Waals surface area contributed by atoms with E-state index in [0.29, 0.717) is 16.6 Å². The molecule has 0 atom stereocenters. The highest BCUT2D eigenvalue weighted by atomic mass is 32.2. The highest BCUT2D eigenvalue weighted by Crippen LogP contribution is 2.14. The molecule has 0 N–H and O–H groups in total. The molecular weight excluding hydrogens is 211 g/mol. The van der Waals surface area contributed by atoms with E-state index in [4.69, 9.17) is 0 Å². The van der Waals surface area contributed by atoms with E-state index in [1.165, 1.54) is 12.1 Å². The number of aryl methyl sites for hydroxylation is 1. The van der Waals surface area contributed by atoms with E-state index in [0.717, 1.165) is 5.56 Å². The normalized spacial score (nSPS) is 10.7. The highest BCUT2D eigenvalue weighted by molar-refractivity contribution is 8.00. The smallest absolute Gasteiger partial charge is 0.172 e. The molecular formula is C12H15FOS. The van der Waals surface area contributed by atoms with E-state index < -0.39 is 0 Å². The van der Waals surface area contributed by atoms with E-state index in [-0.39, 0.29) is 11.6 Å². The van der Waals surface area contributed by atoms with E-state index >= 15 is 0 Å². The first-order valence-electron chi connectivity index (χ1n) is 4.91. The van der Waals surface area contributed by atoms with Crippen molar-refractivity contribution >= 4 is 17.5 Å². The first-order valence-corrected chi connectivity index (χ1v) is 5.96. The zero-order chi connectivity index (χ0) is 11.4. The van der Waals surface area contributed by atoms with E-state index in [1.54, 1.807) is 24.8 Å². The predicted octanol–water partition coefficient (Wildman–Crippen LogP) is 3.46. The second kappa shape index (κ2) is 5.31. The molecule has 1 aromatic rings. The number of carbonyl (C=O) groups excluding carboxylic acids is 1. The van der Waals surface area contributed by atoms with Gasteiger partial charge in [0.05, 0.1) is 5.75 Å². The molecule has 0 fully saturated rings. The summed E-state index contributed by atoms with van der Waals surface area (Å²) in [5.74, 6) is 0.0739. The van der Waals surface area contributed by atoms with Gasteiger partial charge in [0.2, 0.25) is 0 Å². The summed E-state index contributed by atoms with van der Waals surface area (Å²) in [6, 6.07) is 4.45. The van der Waals surface area contributed by atoms with Crippen LogP contribution in [0.3, 0.4) is 0 Å². The Morgan fingerprint density at radius 1 is 1.40 bits per heavy atom. The highest BCUT2D eigenvalue weighted by Gasteiger charge is 2.08. The number of rotatable bonds is 4. The second-order valence-corrected chi connectivity index (χ2v) is 5.37. The minimum atomic E-state index is -0.340.